The van der Waals surface area contributed by atoms with Gasteiger partial charge in [-0.3, -0.25) is 10.1 Å². The van der Waals surface area contributed by atoms with Crippen LogP contribution in [-0.2, 0) is 4.79 Å². The average molecular weight is 335 g/mol. The third-order valence-corrected chi connectivity index (χ3v) is 4.98. The highest BCUT2D eigenvalue weighted by molar-refractivity contribution is 5.94. The summed E-state index contributed by atoms with van der Waals surface area (Å²) in [5.74, 6) is -3.15. The van der Waals surface area contributed by atoms with Crippen molar-refractivity contribution in [2.75, 3.05) is 5.32 Å². The van der Waals surface area contributed by atoms with Gasteiger partial charge in [0.25, 0.3) is 0 Å². The number of halogens is 2. The molecule has 2 aliphatic carbocycles. The number of benzene rings is 1. The van der Waals surface area contributed by atoms with Gasteiger partial charge in [0.15, 0.2) is 0 Å². The lowest BCUT2D eigenvalue weighted by Gasteiger charge is -2.34. The molecule has 1 aromatic carbocycles. The highest BCUT2D eigenvalue weighted by Gasteiger charge is 2.49. The van der Waals surface area contributed by atoms with Gasteiger partial charge in [-0.15, -0.1) is 0 Å². The van der Waals surface area contributed by atoms with Crippen molar-refractivity contribution in [3.8, 4) is 0 Å². The number of aromatic nitrogens is 2. The van der Waals surface area contributed by atoms with Crippen LogP contribution in [0.2, 0.25) is 0 Å². The monoisotopic (exact) mass is 335 g/mol. The highest BCUT2D eigenvalue weighted by atomic mass is 19.3. The number of imidazole rings is 1. The van der Waals surface area contributed by atoms with E-state index in [4.69, 9.17) is 0 Å². The molecule has 24 heavy (non-hydrogen) atoms. The second-order valence-corrected chi connectivity index (χ2v) is 6.83. The van der Waals surface area contributed by atoms with Crippen molar-refractivity contribution < 1.29 is 13.6 Å². The van der Waals surface area contributed by atoms with Crippen molar-refractivity contribution in [1.29, 1.82) is 0 Å². The minimum absolute atomic E-state index is 0. The third-order valence-electron chi connectivity index (χ3n) is 4.98. The maximum Gasteiger partial charge on any atom is 0.249 e. The van der Waals surface area contributed by atoms with Crippen LogP contribution in [0.1, 0.15) is 51.1 Å². The van der Waals surface area contributed by atoms with E-state index in [1.165, 1.54) is 6.42 Å². The Balaban J connectivity index is 0.00000169. The van der Waals surface area contributed by atoms with Gasteiger partial charge in [0.2, 0.25) is 17.8 Å². The zero-order valence-electron chi connectivity index (χ0n) is 13.0. The predicted octanol–water partition coefficient (Wildman–Crippen LogP) is 4.69. The lowest BCUT2D eigenvalue weighted by molar-refractivity contribution is -0.145. The highest BCUT2D eigenvalue weighted by Crippen LogP contribution is 2.43. The van der Waals surface area contributed by atoms with E-state index in [9.17, 15) is 13.6 Å². The van der Waals surface area contributed by atoms with Crippen LogP contribution in [0.4, 0.5) is 14.7 Å². The summed E-state index contributed by atoms with van der Waals surface area (Å²) in [6.07, 6.45) is 2.56. The van der Waals surface area contributed by atoms with E-state index >= 15 is 0 Å². The molecule has 130 valence electrons. The van der Waals surface area contributed by atoms with Gasteiger partial charge in [-0.2, -0.15) is 0 Å². The van der Waals surface area contributed by atoms with Crippen molar-refractivity contribution >= 4 is 22.9 Å². The van der Waals surface area contributed by atoms with Crippen LogP contribution in [-0.4, -0.2) is 21.4 Å². The molecule has 4 rings (SSSR count). The summed E-state index contributed by atoms with van der Waals surface area (Å²) in [4.78, 5) is 16.7. The Hall–Kier alpha value is -1.98. The third kappa shape index (κ3) is 2.78. The number of carbonyl (C=O) groups is 1. The van der Waals surface area contributed by atoms with Crippen molar-refractivity contribution in [2.45, 2.75) is 58.4 Å². The predicted molar refractivity (Wildman–Crippen MR) is 90.4 cm³/mol. The Kier molecular flexibility index (Phi) is 4.10. The van der Waals surface area contributed by atoms with Gasteiger partial charge in [-0.25, -0.2) is 13.8 Å². The molecule has 1 heterocycles. The molecule has 0 bridgehead atoms. The molecule has 6 heteroatoms. The largest absolute Gasteiger partial charge is 0.307 e. The van der Waals surface area contributed by atoms with Crippen LogP contribution in [0.5, 0.6) is 0 Å². The standard InChI is InChI=1S/C17H19F2N3O.CH4/c1-10-5-6-13-14(7-10)22(12-3-2-4-12)16(20-13)21-15(23)11-8-17(18,19)9-11;/h5-7,11-12H,2-4,8-9H2,1H3,(H,20,21,23);1H4. The number of hydrogen-bond acceptors (Lipinski definition) is 2. The first kappa shape index (κ1) is 16.9. The van der Waals surface area contributed by atoms with E-state index in [2.05, 4.69) is 20.9 Å². The molecular weight excluding hydrogens is 312 g/mol. The van der Waals surface area contributed by atoms with Gasteiger partial charge in [0.05, 0.1) is 11.0 Å². The van der Waals surface area contributed by atoms with Crippen molar-refractivity contribution in [3.63, 3.8) is 0 Å². The van der Waals surface area contributed by atoms with E-state index in [0.717, 1.165) is 29.4 Å². The van der Waals surface area contributed by atoms with Gasteiger partial charge < -0.3 is 4.57 Å². The summed E-state index contributed by atoms with van der Waals surface area (Å²) in [6, 6.07) is 6.32. The molecule has 2 fully saturated rings. The summed E-state index contributed by atoms with van der Waals surface area (Å²) in [6.45, 7) is 2.02. The molecule has 1 aromatic heterocycles. The molecule has 2 saturated carbocycles. The normalized spacial score (nSPS) is 20.1. The zero-order chi connectivity index (χ0) is 16.2. The molecule has 1 N–H and O–H groups in total. The van der Waals surface area contributed by atoms with Crippen LogP contribution < -0.4 is 5.32 Å². The Morgan fingerprint density at radius 2 is 2.04 bits per heavy atom. The number of fused-ring (bicyclic) bond motifs is 1. The number of rotatable bonds is 3. The summed E-state index contributed by atoms with van der Waals surface area (Å²) in [5, 5.41) is 2.79. The number of nitrogens with zero attached hydrogens (tertiary/aromatic N) is 2. The smallest absolute Gasteiger partial charge is 0.249 e. The lowest BCUT2D eigenvalue weighted by atomic mass is 9.81. The molecule has 0 spiro atoms. The second-order valence-electron chi connectivity index (χ2n) is 6.83. The Bertz CT molecular complexity index is 772. The summed E-state index contributed by atoms with van der Waals surface area (Å²) in [5.41, 5.74) is 2.97. The van der Waals surface area contributed by atoms with Crippen LogP contribution in [0.25, 0.3) is 11.0 Å². The van der Waals surface area contributed by atoms with E-state index in [1.54, 1.807) is 0 Å². The van der Waals surface area contributed by atoms with Crippen molar-refractivity contribution in [3.05, 3.63) is 23.8 Å². The molecule has 2 aromatic rings. The van der Waals surface area contributed by atoms with Crippen LogP contribution in [0.3, 0.4) is 0 Å². The first-order chi connectivity index (χ1) is 10.9. The van der Waals surface area contributed by atoms with Gasteiger partial charge in [-0.1, -0.05) is 13.5 Å². The second kappa shape index (κ2) is 5.83. The van der Waals surface area contributed by atoms with Gasteiger partial charge in [-0.05, 0) is 43.9 Å². The molecule has 0 radical (unpaired) electrons. The summed E-state index contributed by atoms with van der Waals surface area (Å²) in [7, 11) is 0. The minimum Gasteiger partial charge on any atom is -0.307 e. The molecule has 0 atom stereocenters. The number of hydrogen-bond donors (Lipinski definition) is 1. The average Bonchev–Trinajstić information content (AvgIpc) is 2.72. The number of anilines is 1. The van der Waals surface area contributed by atoms with Crippen LogP contribution >= 0.6 is 0 Å². The molecular formula is C18H23F2N3O. The fourth-order valence-corrected chi connectivity index (χ4v) is 3.36. The van der Waals surface area contributed by atoms with Crippen LogP contribution in [0, 0.1) is 12.8 Å². The fourth-order valence-electron chi connectivity index (χ4n) is 3.36. The topological polar surface area (TPSA) is 46.9 Å². The maximum atomic E-state index is 13.0. The maximum absolute atomic E-state index is 13.0. The number of nitrogens with one attached hydrogen (secondary N) is 1. The minimum atomic E-state index is -2.69. The summed E-state index contributed by atoms with van der Waals surface area (Å²) < 4.78 is 28.0. The number of aryl methyl sites for hydroxylation is 1. The van der Waals surface area contributed by atoms with Crippen molar-refractivity contribution in [2.24, 2.45) is 5.92 Å². The summed E-state index contributed by atoms with van der Waals surface area (Å²) >= 11 is 0. The number of alkyl halides is 2. The van der Waals surface area contributed by atoms with E-state index in [-0.39, 0.29) is 26.2 Å². The van der Waals surface area contributed by atoms with Crippen molar-refractivity contribution in [1.82, 2.24) is 9.55 Å². The fraction of sp³-hybridized carbons (Fsp3) is 0.556. The van der Waals surface area contributed by atoms with Gasteiger partial charge in [0, 0.05) is 24.8 Å². The molecule has 4 nitrogen and oxygen atoms in total. The van der Waals surface area contributed by atoms with E-state index in [1.807, 2.05) is 19.1 Å². The first-order valence-corrected chi connectivity index (χ1v) is 8.10. The van der Waals surface area contributed by atoms with E-state index < -0.39 is 11.8 Å². The molecule has 0 aliphatic heterocycles. The quantitative estimate of drug-likeness (QED) is 0.884. The molecule has 1 amide bonds. The zero-order valence-corrected chi connectivity index (χ0v) is 13.0. The SMILES string of the molecule is C.Cc1ccc2nc(NC(=O)C3CC(F)(F)C3)n(C3CCC3)c2c1. The van der Waals surface area contributed by atoms with Gasteiger partial charge >= 0.3 is 0 Å². The number of amides is 1. The van der Waals surface area contributed by atoms with Gasteiger partial charge in [0.1, 0.15) is 0 Å². The lowest BCUT2D eigenvalue weighted by Crippen LogP contribution is -2.42. The Morgan fingerprint density at radius 3 is 2.62 bits per heavy atom. The van der Waals surface area contributed by atoms with Crippen LogP contribution in [0.15, 0.2) is 18.2 Å². The Morgan fingerprint density at radius 1 is 1.33 bits per heavy atom. The Labute approximate surface area is 140 Å². The van der Waals surface area contributed by atoms with E-state index in [0.29, 0.717) is 12.0 Å². The number of carbonyl (C=O) groups excluding carboxylic acids is 1. The first-order valence-electron chi connectivity index (χ1n) is 8.10. The molecule has 0 saturated heterocycles. The molecule has 2 aliphatic rings. The molecule has 0 unspecified atom stereocenters.